The predicted octanol–water partition coefficient (Wildman–Crippen LogP) is 1.92. The molecule has 2 aliphatic rings. The Morgan fingerprint density at radius 1 is 0.545 bits per heavy atom. The molecule has 2 aliphatic carbocycles. The Morgan fingerprint density at radius 3 is 1.36 bits per heavy atom. The average Bonchev–Trinajstić information content (AvgIpc) is 2.59. The highest BCUT2D eigenvalue weighted by Gasteiger charge is 2.21. The highest BCUT2D eigenvalue weighted by molar-refractivity contribution is 6.29. The van der Waals surface area contributed by atoms with E-state index in [2.05, 4.69) is 10.5 Å². The highest BCUT2D eigenvalue weighted by atomic mass is 15.0. The fourth-order valence-electron chi connectivity index (χ4n) is 4.03. The van der Waals surface area contributed by atoms with Crippen LogP contribution in [0.1, 0.15) is 83.5 Å². The minimum atomic E-state index is 0.311. The third-order valence-corrected chi connectivity index (χ3v) is 5.62. The fourth-order valence-corrected chi connectivity index (χ4v) is 4.03. The van der Waals surface area contributed by atoms with Crippen LogP contribution in [-0.2, 0) is 0 Å². The Kier molecular flexibility index (Phi) is 8.82. The molecule has 0 aromatic rings. The highest BCUT2D eigenvalue weighted by Crippen LogP contribution is 2.17. The smallest absolute Gasteiger partial charge is 0.286 e. The molecule has 0 amide bonds. The molecule has 0 aliphatic heterocycles. The summed E-state index contributed by atoms with van der Waals surface area (Å²) in [6, 6.07) is 1.57. The van der Waals surface area contributed by atoms with Crippen LogP contribution < -0.4 is 21.9 Å². The van der Waals surface area contributed by atoms with Crippen LogP contribution >= 0.6 is 0 Å². The van der Waals surface area contributed by atoms with Gasteiger partial charge in [0.25, 0.3) is 7.55 Å². The van der Waals surface area contributed by atoms with Crippen molar-refractivity contribution in [3.05, 3.63) is 0 Å². The molecule has 4 unspecified atom stereocenters. The first kappa shape index (κ1) is 18.2. The molecule has 128 valence electrons. The van der Waals surface area contributed by atoms with Crippen molar-refractivity contribution in [3.8, 4) is 0 Å². The van der Waals surface area contributed by atoms with Crippen molar-refractivity contribution in [3.63, 3.8) is 0 Å². The van der Waals surface area contributed by atoms with Crippen molar-refractivity contribution in [1.82, 2.24) is 10.5 Å². The largest absolute Gasteiger partial charge is 0.341 e. The minimum absolute atomic E-state index is 0.311. The van der Waals surface area contributed by atoms with Crippen molar-refractivity contribution in [2.24, 2.45) is 11.5 Å². The second-order valence-corrected chi connectivity index (χ2v) is 7.46. The molecule has 0 saturated heterocycles. The summed E-state index contributed by atoms with van der Waals surface area (Å²) in [5.41, 5.74) is 12.7. The third-order valence-electron chi connectivity index (χ3n) is 5.62. The first-order valence-corrected chi connectivity index (χ1v) is 9.75. The molecule has 2 fully saturated rings. The Hall–Kier alpha value is -0.0951. The van der Waals surface area contributed by atoms with Crippen LogP contribution in [0.5, 0.6) is 0 Å². The molecule has 0 radical (unpaired) electrons. The summed E-state index contributed by atoms with van der Waals surface area (Å²) in [6.07, 6.45) is 16.8. The van der Waals surface area contributed by atoms with Crippen molar-refractivity contribution >= 4 is 7.55 Å². The second-order valence-electron chi connectivity index (χ2n) is 7.46. The minimum Gasteiger partial charge on any atom is -0.341 e. The Morgan fingerprint density at radius 2 is 0.909 bits per heavy atom. The van der Waals surface area contributed by atoms with Crippen LogP contribution in [0.25, 0.3) is 0 Å². The second kappa shape index (κ2) is 10.6. The molecule has 0 spiro atoms. The molecule has 0 heterocycles. The standard InChI is InChI=1S/C17H37BN4/c19-14-10-6-2-1-3-8-12-16(14)21-18-22-17-13-9-5-4-7-11-15(17)20/h14-18,21-22H,1-13,19-20H2. The van der Waals surface area contributed by atoms with Gasteiger partial charge in [-0.1, -0.05) is 57.8 Å². The summed E-state index contributed by atoms with van der Waals surface area (Å²) in [5, 5.41) is 7.35. The number of hydrogen-bond donors (Lipinski definition) is 4. The lowest BCUT2D eigenvalue weighted by molar-refractivity contribution is 0.379. The molecular formula is C17H37BN4. The molecular weight excluding hydrogens is 271 g/mol. The van der Waals surface area contributed by atoms with Crippen molar-refractivity contribution in [1.29, 1.82) is 0 Å². The van der Waals surface area contributed by atoms with Crippen molar-refractivity contribution < 1.29 is 0 Å². The molecule has 5 heteroatoms. The molecule has 6 N–H and O–H groups in total. The van der Waals surface area contributed by atoms with Crippen LogP contribution in [0, 0.1) is 0 Å². The molecule has 0 bridgehead atoms. The Bertz CT molecular complexity index is 290. The molecule has 0 aromatic heterocycles. The molecule has 4 nitrogen and oxygen atoms in total. The van der Waals surface area contributed by atoms with Crippen LogP contribution in [0.4, 0.5) is 0 Å². The lowest BCUT2D eigenvalue weighted by Crippen LogP contribution is -2.55. The maximum Gasteiger partial charge on any atom is 0.286 e. The third kappa shape index (κ3) is 6.57. The summed E-state index contributed by atoms with van der Waals surface area (Å²) >= 11 is 0. The molecule has 2 saturated carbocycles. The van der Waals surface area contributed by atoms with Gasteiger partial charge in [0.2, 0.25) is 0 Å². The summed E-state index contributed by atoms with van der Waals surface area (Å²) in [7, 11) is 0.858. The quantitative estimate of drug-likeness (QED) is 0.599. The maximum atomic E-state index is 6.40. The summed E-state index contributed by atoms with van der Waals surface area (Å²) in [4.78, 5) is 0. The van der Waals surface area contributed by atoms with Gasteiger partial charge >= 0.3 is 0 Å². The Balaban J connectivity index is 1.72. The first-order valence-electron chi connectivity index (χ1n) is 9.75. The van der Waals surface area contributed by atoms with E-state index in [1.807, 2.05) is 0 Å². The monoisotopic (exact) mass is 308 g/mol. The van der Waals surface area contributed by atoms with E-state index in [9.17, 15) is 0 Å². The van der Waals surface area contributed by atoms with Crippen LogP contribution in [0.2, 0.25) is 0 Å². The van der Waals surface area contributed by atoms with Gasteiger partial charge in [-0.25, -0.2) is 0 Å². The number of hydrogen-bond acceptors (Lipinski definition) is 4. The van der Waals surface area contributed by atoms with Gasteiger partial charge in [-0.3, -0.25) is 0 Å². The lowest BCUT2D eigenvalue weighted by atomic mass is 9.89. The van der Waals surface area contributed by atoms with E-state index in [4.69, 9.17) is 11.5 Å². The zero-order chi connectivity index (χ0) is 15.6. The van der Waals surface area contributed by atoms with Crippen molar-refractivity contribution in [2.45, 2.75) is 108 Å². The van der Waals surface area contributed by atoms with Crippen LogP contribution in [0.15, 0.2) is 0 Å². The van der Waals surface area contributed by atoms with Gasteiger partial charge in [0, 0.05) is 24.2 Å². The summed E-state index contributed by atoms with van der Waals surface area (Å²) in [6.45, 7) is 0. The van der Waals surface area contributed by atoms with Crippen LogP contribution in [0.3, 0.4) is 0 Å². The number of nitrogens with two attached hydrogens (primary N) is 2. The van der Waals surface area contributed by atoms with E-state index < -0.39 is 0 Å². The summed E-state index contributed by atoms with van der Waals surface area (Å²) < 4.78 is 0. The predicted molar refractivity (Wildman–Crippen MR) is 97.0 cm³/mol. The number of nitrogens with one attached hydrogen (secondary N) is 2. The summed E-state index contributed by atoms with van der Waals surface area (Å²) in [5.74, 6) is 0. The van der Waals surface area contributed by atoms with E-state index in [1.165, 1.54) is 83.5 Å². The maximum absolute atomic E-state index is 6.40. The topological polar surface area (TPSA) is 76.1 Å². The van der Waals surface area contributed by atoms with Crippen LogP contribution in [-0.4, -0.2) is 31.7 Å². The Labute approximate surface area is 137 Å². The van der Waals surface area contributed by atoms with Gasteiger partial charge in [-0.05, 0) is 25.7 Å². The lowest BCUT2D eigenvalue weighted by Gasteiger charge is -2.29. The first-order chi connectivity index (χ1) is 10.8. The molecule has 2 rings (SSSR count). The molecule has 4 atom stereocenters. The zero-order valence-corrected chi connectivity index (χ0v) is 14.4. The van der Waals surface area contributed by atoms with Gasteiger partial charge in [-0.2, -0.15) is 0 Å². The zero-order valence-electron chi connectivity index (χ0n) is 14.4. The SMILES string of the molecule is NC1CCCCCCCC1NBNC1CCCCCCC1N. The van der Waals surface area contributed by atoms with E-state index >= 15 is 0 Å². The molecule has 22 heavy (non-hydrogen) atoms. The van der Waals surface area contributed by atoms with Crippen molar-refractivity contribution in [2.75, 3.05) is 0 Å². The van der Waals surface area contributed by atoms with E-state index in [-0.39, 0.29) is 0 Å². The number of rotatable bonds is 4. The van der Waals surface area contributed by atoms with Gasteiger partial charge in [0.05, 0.1) is 0 Å². The average molecular weight is 308 g/mol. The van der Waals surface area contributed by atoms with Gasteiger partial charge in [0.1, 0.15) is 0 Å². The normalized spacial score (nSPS) is 35.5. The van der Waals surface area contributed by atoms with E-state index in [1.54, 1.807) is 0 Å². The fraction of sp³-hybridized carbons (Fsp3) is 1.00. The van der Waals surface area contributed by atoms with E-state index in [0.29, 0.717) is 24.2 Å². The van der Waals surface area contributed by atoms with Gasteiger partial charge < -0.3 is 21.9 Å². The van der Waals surface area contributed by atoms with E-state index in [0.717, 1.165) is 7.55 Å². The van der Waals surface area contributed by atoms with Gasteiger partial charge in [0.15, 0.2) is 0 Å². The van der Waals surface area contributed by atoms with Gasteiger partial charge in [-0.15, -0.1) is 0 Å². The molecule has 0 aromatic carbocycles.